The quantitative estimate of drug-likeness (QED) is 0.588. The van der Waals surface area contributed by atoms with Crippen LogP contribution in [0.3, 0.4) is 0 Å². The van der Waals surface area contributed by atoms with Gasteiger partial charge in [-0.1, -0.05) is 0 Å². The molecule has 1 N–H and O–H groups in total. The molecule has 4 heterocycles. The Morgan fingerprint density at radius 1 is 1.12 bits per heavy atom. The average molecular weight is 467 g/mol. The van der Waals surface area contributed by atoms with Gasteiger partial charge in [-0.05, 0) is 49.9 Å². The summed E-state index contributed by atoms with van der Waals surface area (Å²) in [6.07, 6.45) is 4.29. The minimum Gasteiger partial charge on any atom is -0.459 e. The second-order valence-corrected chi connectivity index (χ2v) is 8.50. The molecule has 8 nitrogen and oxygen atoms in total. The number of nitrogens with zero attached hydrogens (tertiary/aromatic N) is 4. The van der Waals surface area contributed by atoms with Crippen LogP contribution in [0.5, 0.6) is 0 Å². The Hall–Kier alpha value is -3.87. The van der Waals surface area contributed by atoms with E-state index < -0.39 is 11.6 Å². The third kappa shape index (κ3) is 4.21. The van der Waals surface area contributed by atoms with Crippen molar-refractivity contribution in [1.29, 1.82) is 5.26 Å². The molecule has 34 heavy (non-hydrogen) atoms. The first kappa shape index (κ1) is 21.9. The molecular formula is C24H23F2N5O3. The smallest absolute Gasteiger partial charge is 0.266 e. The summed E-state index contributed by atoms with van der Waals surface area (Å²) >= 11 is 0. The number of nitriles is 1. The molecule has 2 fully saturated rings. The Balaban J connectivity index is 1.23. The highest BCUT2D eigenvalue weighted by molar-refractivity contribution is 5.93. The average Bonchev–Trinajstić information content (AvgIpc) is 3.60. The summed E-state index contributed by atoms with van der Waals surface area (Å²) in [4.78, 5) is 20.5. The second kappa shape index (κ2) is 9.17. The van der Waals surface area contributed by atoms with Gasteiger partial charge in [-0.2, -0.15) is 10.2 Å². The van der Waals surface area contributed by atoms with Crippen LogP contribution in [0.2, 0.25) is 0 Å². The van der Waals surface area contributed by atoms with Crippen molar-refractivity contribution in [2.75, 3.05) is 41.3 Å². The largest absolute Gasteiger partial charge is 0.459 e. The van der Waals surface area contributed by atoms with Crippen molar-refractivity contribution in [3.8, 4) is 17.7 Å². The van der Waals surface area contributed by atoms with Gasteiger partial charge in [0.05, 0.1) is 6.26 Å². The Bertz CT molecular complexity index is 1200. The fourth-order valence-corrected chi connectivity index (χ4v) is 4.57. The van der Waals surface area contributed by atoms with E-state index in [0.29, 0.717) is 50.7 Å². The summed E-state index contributed by atoms with van der Waals surface area (Å²) in [6, 6.07) is 7.78. The molecule has 0 aliphatic carbocycles. The van der Waals surface area contributed by atoms with E-state index in [1.807, 2.05) is 11.0 Å². The van der Waals surface area contributed by atoms with Crippen molar-refractivity contribution in [3.05, 3.63) is 47.9 Å². The summed E-state index contributed by atoms with van der Waals surface area (Å²) < 4.78 is 40.2. The van der Waals surface area contributed by atoms with Gasteiger partial charge in [0, 0.05) is 37.8 Å². The lowest BCUT2D eigenvalue weighted by Gasteiger charge is -2.31. The zero-order valence-corrected chi connectivity index (χ0v) is 18.4. The fraction of sp³-hybridized carbons (Fsp3) is 0.375. The first-order valence-electron chi connectivity index (χ1n) is 11.3. The topological polar surface area (TPSA) is 98.5 Å². The van der Waals surface area contributed by atoms with E-state index in [1.165, 1.54) is 18.4 Å². The van der Waals surface area contributed by atoms with Crippen molar-refractivity contribution >= 4 is 23.2 Å². The molecule has 0 saturated carbocycles. The minimum atomic E-state index is -0.672. The summed E-state index contributed by atoms with van der Waals surface area (Å²) in [5.41, 5.74) is 0.229. The number of aromatic nitrogens is 1. The predicted octanol–water partition coefficient (Wildman–Crippen LogP) is 4.54. The van der Waals surface area contributed by atoms with Crippen LogP contribution in [0, 0.1) is 28.9 Å². The number of hydrogen-bond donors (Lipinski definition) is 1. The highest BCUT2D eigenvalue weighted by Gasteiger charge is 2.30. The van der Waals surface area contributed by atoms with Crippen molar-refractivity contribution < 1.29 is 22.4 Å². The number of benzene rings is 1. The number of halogens is 2. The molecule has 0 spiro atoms. The van der Waals surface area contributed by atoms with E-state index in [2.05, 4.69) is 10.3 Å². The van der Waals surface area contributed by atoms with E-state index >= 15 is 0 Å². The van der Waals surface area contributed by atoms with E-state index in [9.17, 15) is 18.8 Å². The van der Waals surface area contributed by atoms with Crippen molar-refractivity contribution in [2.24, 2.45) is 5.92 Å². The predicted molar refractivity (Wildman–Crippen MR) is 120 cm³/mol. The number of rotatable bonds is 5. The van der Waals surface area contributed by atoms with Crippen LogP contribution in [0.25, 0.3) is 11.7 Å². The first-order valence-corrected chi connectivity index (χ1v) is 11.3. The Labute approximate surface area is 194 Å². The van der Waals surface area contributed by atoms with Crippen molar-refractivity contribution in [3.63, 3.8) is 0 Å². The van der Waals surface area contributed by atoms with Crippen LogP contribution in [0.4, 0.5) is 26.0 Å². The van der Waals surface area contributed by atoms with E-state index in [0.717, 1.165) is 12.8 Å². The number of amides is 1. The molecule has 2 saturated heterocycles. The van der Waals surface area contributed by atoms with Crippen LogP contribution in [0.1, 0.15) is 31.4 Å². The first-order chi connectivity index (χ1) is 16.5. The molecule has 0 atom stereocenters. The number of oxazole rings is 1. The summed E-state index contributed by atoms with van der Waals surface area (Å²) in [7, 11) is 0. The van der Waals surface area contributed by atoms with Gasteiger partial charge in [0.15, 0.2) is 17.4 Å². The number of anilines is 3. The van der Waals surface area contributed by atoms with Crippen LogP contribution >= 0.6 is 0 Å². The number of carbonyl (C=O) groups is 1. The van der Waals surface area contributed by atoms with Crippen molar-refractivity contribution in [1.82, 2.24) is 4.98 Å². The van der Waals surface area contributed by atoms with Crippen LogP contribution in [-0.4, -0.2) is 37.1 Å². The van der Waals surface area contributed by atoms with Gasteiger partial charge in [0.2, 0.25) is 17.5 Å². The Kier molecular flexibility index (Phi) is 5.92. The van der Waals surface area contributed by atoms with Crippen LogP contribution < -0.4 is 15.1 Å². The van der Waals surface area contributed by atoms with Gasteiger partial charge in [0.1, 0.15) is 11.8 Å². The molecule has 2 aromatic heterocycles. The molecule has 0 bridgehead atoms. The molecule has 2 aliphatic rings. The molecule has 2 aliphatic heterocycles. The standard InChI is InChI=1S/C24H23F2N5O3/c25-17-12-16(13-18(26)21(17)30-7-1-2-8-30)28-22(32)15-5-9-31(10-6-15)24-19(14-27)29-23(34-24)20-4-3-11-33-20/h3-4,11-13,15H,1-2,5-10H2,(H,28,32). The molecule has 5 rings (SSSR count). The summed E-state index contributed by atoms with van der Waals surface area (Å²) in [6.45, 7) is 2.19. The molecule has 1 aromatic carbocycles. The van der Waals surface area contributed by atoms with E-state index in [4.69, 9.17) is 8.83 Å². The third-order valence-electron chi connectivity index (χ3n) is 6.31. The summed E-state index contributed by atoms with van der Waals surface area (Å²) in [5, 5.41) is 12.1. The maximum Gasteiger partial charge on any atom is 0.266 e. The third-order valence-corrected chi connectivity index (χ3v) is 6.31. The van der Waals surface area contributed by atoms with Crippen LogP contribution in [0.15, 0.2) is 39.4 Å². The fourth-order valence-electron chi connectivity index (χ4n) is 4.57. The van der Waals surface area contributed by atoms with E-state index in [-0.39, 0.29) is 34.8 Å². The maximum atomic E-state index is 14.6. The number of carbonyl (C=O) groups excluding carboxylic acids is 1. The molecule has 10 heteroatoms. The lowest BCUT2D eigenvalue weighted by atomic mass is 9.95. The van der Waals surface area contributed by atoms with Crippen molar-refractivity contribution in [2.45, 2.75) is 25.7 Å². The van der Waals surface area contributed by atoms with Gasteiger partial charge in [-0.3, -0.25) is 4.79 Å². The molecule has 1 amide bonds. The van der Waals surface area contributed by atoms with Gasteiger partial charge in [-0.25, -0.2) is 8.78 Å². The van der Waals surface area contributed by atoms with Gasteiger partial charge in [0.25, 0.3) is 5.89 Å². The van der Waals surface area contributed by atoms with Crippen LogP contribution in [-0.2, 0) is 4.79 Å². The van der Waals surface area contributed by atoms with Gasteiger partial charge < -0.3 is 24.0 Å². The number of nitrogens with one attached hydrogen (secondary N) is 1. The molecule has 0 radical (unpaired) electrons. The SMILES string of the molecule is N#Cc1nc(-c2ccco2)oc1N1CCC(C(=O)Nc2cc(F)c(N3CCCC3)c(F)c2)CC1. The van der Waals surface area contributed by atoms with E-state index in [1.54, 1.807) is 17.0 Å². The number of hydrogen-bond acceptors (Lipinski definition) is 7. The van der Waals surface area contributed by atoms with Gasteiger partial charge >= 0.3 is 0 Å². The number of piperidine rings is 1. The lowest BCUT2D eigenvalue weighted by Crippen LogP contribution is -2.38. The second-order valence-electron chi connectivity index (χ2n) is 8.50. The molecule has 176 valence electrons. The zero-order chi connectivity index (χ0) is 23.7. The number of furan rings is 1. The Morgan fingerprint density at radius 2 is 1.82 bits per heavy atom. The lowest BCUT2D eigenvalue weighted by molar-refractivity contribution is -0.120. The molecular weight excluding hydrogens is 444 g/mol. The minimum absolute atomic E-state index is 0.0296. The molecule has 0 unspecified atom stereocenters. The highest BCUT2D eigenvalue weighted by Crippen LogP contribution is 2.33. The highest BCUT2D eigenvalue weighted by atomic mass is 19.1. The Morgan fingerprint density at radius 3 is 2.44 bits per heavy atom. The normalized spacial score (nSPS) is 16.6. The zero-order valence-electron chi connectivity index (χ0n) is 18.4. The van der Waals surface area contributed by atoms with Gasteiger partial charge in [-0.15, -0.1) is 0 Å². The molecule has 3 aromatic rings. The monoisotopic (exact) mass is 467 g/mol. The maximum absolute atomic E-state index is 14.6. The summed E-state index contributed by atoms with van der Waals surface area (Å²) in [5.74, 6) is -0.984.